The first-order chi connectivity index (χ1) is 9.22. The Kier molecular flexibility index (Phi) is 4.52. The standard InChI is InChI=1S/C14H15F2N3/c1-2-5-19-14(13-9-17-6-7-18-13)11-4-3-10(15)8-12(11)16/h3-4,6-9,14,19H,2,5H2,1H3. The molecular formula is C14H15F2N3. The molecular weight excluding hydrogens is 248 g/mol. The van der Waals surface area contributed by atoms with E-state index in [1.807, 2.05) is 6.92 Å². The summed E-state index contributed by atoms with van der Waals surface area (Å²) in [6, 6.07) is 3.14. The summed E-state index contributed by atoms with van der Waals surface area (Å²) in [4.78, 5) is 8.17. The molecule has 1 heterocycles. The predicted octanol–water partition coefficient (Wildman–Crippen LogP) is 2.84. The second kappa shape index (κ2) is 6.33. The molecule has 5 heteroatoms. The second-order valence-electron chi connectivity index (χ2n) is 4.18. The molecule has 1 aromatic heterocycles. The summed E-state index contributed by atoms with van der Waals surface area (Å²) in [7, 11) is 0. The Morgan fingerprint density at radius 1 is 1.26 bits per heavy atom. The number of halogens is 2. The Labute approximate surface area is 110 Å². The predicted molar refractivity (Wildman–Crippen MR) is 68.5 cm³/mol. The maximum atomic E-state index is 13.9. The van der Waals surface area contributed by atoms with Crippen molar-refractivity contribution in [1.82, 2.24) is 15.3 Å². The van der Waals surface area contributed by atoms with E-state index in [0.717, 1.165) is 12.5 Å². The Bertz CT molecular complexity index is 531. The van der Waals surface area contributed by atoms with Gasteiger partial charge in [-0.25, -0.2) is 8.78 Å². The molecule has 0 spiro atoms. The maximum absolute atomic E-state index is 13.9. The van der Waals surface area contributed by atoms with Crippen LogP contribution >= 0.6 is 0 Å². The molecule has 1 N–H and O–H groups in total. The highest BCUT2D eigenvalue weighted by molar-refractivity contribution is 5.28. The van der Waals surface area contributed by atoms with E-state index >= 15 is 0 Å². The van der Waals surface area contributed by atoms with Crippen molar-refractivity contribution in [2.24, 2.45) is 0 Å². The molecule has 0 fully saturated rings. The van der Waals surface area contributed by atoms with Crippen LogP contribution < -0.4 is 5.32 Å². The summed E-state index contributed by atoms with van der Waals surface area (Å²) in [6.45, 7) is 2.72. The van der Waals surface area contributed by atoms with Gasteiger partial charge in [0.05, 0.1) is 17.9 Å². The first-order valence-electron chi connectivity index (χ1n) is 6.16. The Hall–Kier alpha value is -1.88. The normalized spacial score (nSPS) is 12.4. The number of benzene rings is 1. The minimum Gasteiger partial charge on any atom is -0.305 e. The molecule has 1 unspecified atom stereocenters. The summed E-state index contributed by atoms with van der Waals surface area (Å²) in [6.07, 6.45) is 5.59. The molecule has 100 valence electrons. The number of nitrogens with zero attached hydrogens (tertiary/aromatic N) is 2. The Morgan fingerprint density at radius 2 is 2.11 bits per heavy atom. The fraction of sp³-hybridized carbons (Fsp3) is 0.286. The minimum absolute atomic E-state index is 0.371. The van der Waals surface area contributed by atoms with E-state index in [4.69, 9.17) is 0 Å². The van der Waals surface area contributed by atoms with Gasteiger partial charge in [-0.15, -0.1) is 0 Å². The van der Waals surface area contributed by atoms with Crippen molar-refractivity contribution in [3.63, 3.8) is 0 Å². The third kappa shape index (κ3) is 3.32. The zero-order valence-electron chi connectivity index (χ0n) is 10.6. The third-order valence-electron chi connectivity index (χ3n) is 2.75. The summed E-state index contributed by atoms with van der Waals surface area (Å²) in [5.41, 5.74) is 0.983. The maximum Gasteiger partial charge on any atom is 0.131 e. The van der Waals surface area contributed by atoms with Crippen molar-refractivity contribution < 1.29 is 8.78 Å². The van der Waals surface area contributed by atoms with Crippen molar-refractivity contribution in [2.75, 3.05) is 6.54 Å². The molecule has 0 bridgehead atoms. The second-order valence-corrected chi connectivity index (χ2v) is 4.18. The highest BCUT2D eigenvalue weighted by Gasteiger charge is 2.19. The lowest BCUT2D eigenvalue weighted by atomic mass is 10.0. The quantitative estimate of drug-likeness (QED) is 0.901. The molecule has 3 nitrogen and oxygen atoms in total. The van der Waals surface area contributed by atoms with Crippen LogP contribution in [0.2, 0.25) is 0 Å². The average Bonchev–Trinajstić information content (AvgIpc) is 2.42. The van der Waals surface area contributed by atoms with Crippen LogP contribution in [-0.4, -0.2) is 16.5 Å². The number of nitrogens with one attached hydrogen (secondary N) is 1. The summed E-state index contributed by atoms with van der Waals surface area (Å²) in [5, 5.41) is 3.20. The SMILES string of the molecule is CCCNC(c1cnccn1)c1ccc(F)cc1F. The fourth-order valence-electron chi connectivity index (χ4n) is 1.86. The van der Waals surface area contributed by atoms with Gasteiger partial charge >= 0.3 is 0 Å². The van der Waals surface area contributed by atoms with E-state index in [0.29, 0.717) is 17.8 Å². The molecule has 2 aromatic rings. The number of aromatic nitrogens is 2. The smallest absolute Gasteiger partial charge is 0.131 e. The van der Waals surface area contributed by atoms with Gasteiger partial charge in [-0.2, -0.15) is 0 Å². The van der Waals surface area contributed by atoms with Crippen LogP contribution in [-0.2, 0) is 0 Å². The van der Waals surface area contributed by atoms with Crippen LogP contribution in [0.25, 0.3) is 0 Å². The summed E-state index contributed by atoms with van der Waals surface area (Å²) in [5.74, 6) is -1.17. The number of hydrogen-bond acceptors (Lipinski definition) is 3. The zero-order valence-corrected chi connectivity index (χ0v) is 10.6. The largest absolute Gasteiger partial charge is 0.305 e. The van der Waals surface area contributed by atoms with Crippen molar-refractivity contribution in [3.8, 4) is 0 Å². The van der Waals surface area contributed by atoms with E-state index in [9.17, 15) is 8.78 Å². The number of rotatable bonds is 5. The number of hydrogen-bond donors (Lipinski definition) is 1. The van der Waals surface area contributed by atoms with Crippen LogP contribution in [0, 0.1) is 11.6 Å². The molecule has 0 radical (unpaired) electrons. The molecule has 0 aliphatic rings. The van der Waals surface area contributed by atoms with Gasteiger partial charge in [-0.1, -0.05) is 13.0 Å². The van der Waals surface area contributed by atoms with Gasteiger partial charge in [-0.05, 0) is 19.0 Å². The van der Waals surface area contributed by atoms with E-state index in [-0.39, 0.29) is 0 Å². The van der Waals surface area contributed by atoms with E-state index in [2.05, 4.69) is 15.3 Å². The summed E-state index contributed by atoms with van der Waals surface area (Å²) < 4.78 is 26.9. The van der Waals surface area contributed by atoms with Gasteiger partial charge in [0.2, 0.25) is 0 Å². The monoisotopic (exact) mass is 263 g/mol. The molecule has 0 aliphatic heterocycles. The van der Waals surface area contributed by atoms with Gasteiger partial charge in [0, 0.05) is 24.0 Å². The van der Waals surface area contributed by atoms with Crippen molar-refractivity contribution >= 4 is 0 Å². The van der Waals surface area contributed by atoms with Crippen molar-refractivity contribution in [1.29, 1.82) is 0 Å². The Balaban J connectivity index is 2.37. The molecule has 1 aromatic carbocycles. The molecule has 0 amide bonds. The van der Waals surface area contributed by atoms with Crippen LogP contribution in [0.1, 0.15) is 30.6 Å². The van der Waals surface area contributed by atoms with E-state index in [1.54, 1.807) is 18.6 Å². The topological polar surface area (TPSA) is 37.8 Å². The van der Waals surface area contributed by atoms with E-state index < -0.39 is 17.7 Å². The van der Waals surface area contributed by atoms with Gasteiger partial charge < -0.3 is 5.32 Å². The molecule has 19 heavy (non-hydrogen) atoms. The molecule has 0 aliphatic carbocycles. The van der Waals surface area contributed by atoms with Crippen LogP contribution in [0.5, 0.6) is 0 Å². The first-order valence-corrected chi connectivity index (χ1v) is 6.16. The highest BCUT2D eigenvalue weighted by Crippen LogP contribution is 2.23. The molecule has 2 rings (SSSR count). The molecule has 0 saturated heterocycles. The Morgan fingerprint density at radius 3 is 2.74 bits per heavy atom. The minimum atomic E-state index is -0.588. The van der Waals surface area contributed by atoms with Gasteiger partial charge in [0.15, 0.2) is 0 Å². The first kappa shape index (κ1) is 13.5. The lowest BCUT2D eigenvalue weighted by molar-refractivity contribution is 0.526. The van der Waals surface area contributed by atoms with Crippen LogP contribution in [0.15, 0.2) is 36.8 Å². The highest BCUT2D eigenvalue weighted by atomic mass is 19.1. The summed E-state index contributed by atoms with van der Waals surface area (Å²) >= 11 is 0. The third-order valence-corrected chi connectivity index (χ3v) is 2.75. The van der Waals surface area contributed by atoms with Crippen molar-refractivity contribution in [3.05, 3.63) is 59.7 Å². The zero-order chi connectivity index (χ0) is 13.7. The lowest BCUT2D eigenvalue weighted by Crippen LogP contribution is -2.25. The molecule has 0 saturated carbocycles. The van der Waals surface area contributed by atoms with Gasteiger partial charge in [0.1, 0.15) is 11.6 Å². The van der Waals surface area contributed by atoms with Gasteiger partial charge in [0.25, 0.3) is 0 Å². The van der Waals surface area contributed by atoms with Gasteiger partial charge in [-0.3, -0.25) is 9.97 Å². The lowest BCUT2D eigenvalue weighted by Gasteiger charge is -2.18. The van der Waals surface area contributed by atoms with E-state index in [1.165, 1.54) is 12.1 Å². The van der Waals surface area contributed by atoms with Crippen LogP contribution in [0.3, 0.4) is 0 Å². The molecule has 1 atom stereocenters. The van der Waals surface area contributed by atoms with Crippen LogP contribution in [0.4, 0.5) is 8.78 Å². The average molecular weight is 263 g/mol. The van der Waals surface area contributed by atoms with Crippen molar-refractivity contribution in [2.45, 2.75) is 19.4 Å². The fourth-order valence-corrected chi connectivity index (χ4v) is 1.86.